The molecule has 0 saturated heterocycles. The van der Waals surface area contributed by atoms with Gasteiger partial charge in [0.05, 0.1) is 10.7 Å². The topological polar surface area (TPSA) is 72.9 Å². The Bertz CT molecular complexity index is 427. The maximum absolute atomic E-state index is 12.0. The fourth-order valence-electron chi connectivity index (χ4n) is 1.62. The molecular weight excluding hydrogens is 236 g/mol. The van der Waals surface area contributed by atoms with E-state index in [-0.39, 0.29) is 11.9 Å². The molecule has 3 N–H and O–H groups in total. The number of aryl methyl sites for hydroxylation is 2. The highest BCUT2D eigenvalue weighted by Crippen LogP contribution is 2.04. The zero-order chi connectivity index (χ0) is 13.0. The van der Waals surface area contributed by atoms with Crippen molar-refractivity contribution in [2.75, 3.05) is 0 Å². The van der Waals surface area contributed by atoms with Gasteiger partial charge in [-0.3, -0.25) is 9.48 Å². The van der Waals surface area contributed by atoms with Crippen LogP contribution in [-0.4, -0.2) is 26.7 Å². The molecule has 6 heteroatoms. The molecule has 1 amide bonds. The first-order valence-electron chi connectivity index (χ1n) is 5.57. The minimum Gasteiger partial charge on any atom is -0.393 e. The van der Waals surface area contributed by atoms with E-state index in [1.807, 2.05) is 20.8 Å². The molecule has 0 saturated carbocycles. The summed E-state index contributed by atoms with van der Waals surface area (Å²) in [6.45, 7) is 6.35. The number of rotatable bonds is 5. The number of amides is 1. The summed E-state index contributed by atoms with van der Waals surface area (Å²) < 4.78 is 1.68. The smallest absolute Gasteiger partial charge is 0.269 e. The molecule has 1 heterocycles. The first-order chi connectivity index (χ1) is 7.93. The van der Waals surface area contributed by atoms with Gasteiger partial charge in [-0.25, -0.2) is 0 Å². The highest BCUT2D eigenvalue weighted by Gasteiger charge is 2.15. The average Bonchev–Trinajstić information content (AvgIpc) is 2.58. The van der Waals surface area contributed by atoms with Crippen LogP contribution in [0.3, 0.4) is 0 Å². The van der Waals surface area contributed by atoms with Gasteiger partial charge in [0, 0.05) is 19.0 Å². The van der Waals surface area contributed by atoms with Gasteiger partial charge in [0.2, 0.25) is 0 Å². The molecular formula is C11H18N4OS. The molecule has 0 bridgehead atoms. The fourth-order valence-corrected chi connectivity index (χ4v) is 1.87. The van der Waals surface area contributed by atoms with E-state index in [2.05, 4.69) is 10.4 Å². The van der Waals surface area contributed by atoms with Crippen LogP contribution in [-0.2, 0) is 6.54 Å². The minimum absolute atomic E-state index is 0.0690. The molecule has 0 aromatic carbocycles. The van der Waals surface area contributed by atoms with Gasteiger partial charge in [0.1, 0.15) is 5.69 Å². The van der Waals surface area contributed by atoms with Crippen LogP contribution in [0.15, 0.2) is 6.07 Å². The van der Waals surface area contributed by atoms with Crippen molar-refractivity contribution in [2.45, 2.75) is 39.8 Å². The van der Waals surface area contributed by atoms with Gasteiger partial charge in [-0.15, -0.1) is 0 Å². The lowest BCUT2D eigenvalue weighted by atomic mass is 10.2. The second-order valence-electron chi connectivity index (χ2n) is 4.03. The van der Waals surface area contributed by atoms with E-state index in [9.17, 15) is 4.79 Å². The molecule has 1 aromatic heterocycles. The molecule has 5 nitrogen and oxygen atoms in total. The minimum atomic E-state index is -0.142. The van der Waals surface area contributed by atoms with Gasteiger partial charge in [0.15, 0.2) is 0 Å². The van der Waals surface area contributed by atoms with Crippen molar-refractivity contribution in [1.82, 2.24) is 15.1 Å². The SMILES string of the molecule is CCn1nc(C)cc1C(=O)NC(C)CC(N)=S. The van der Waals surface area contributed by atoms with Gasteiger partial charge in [-0.2, -0.15) is 5.10 Å². The Kier molecular flexibility index (Phi) is 4.62. The van der Waals surface area contributed by atoms with Crippen LogP contribution >= 0.6 is 12.2 Å². The number of nitrogens with one attached hydrogen (secondary N) is 1. The molecule has 0 aliphatic rings. The van der Waals surface area contributed by atoms with Crippen LogP contribution in [0.2, 0.25) is 0 Å². The standard InChI is InChI=1S/C11H18N4OS/c1-4-15-9(5-8(3)14-15)11(16)13-7(2)6-10(12)17/h5,7H,4,6H2,1-3H3,(H2,12,17)(H,13,16). The summed E-state index contributed by atoms with van der Waals surface area (Å²) >= 11 is 4.80. The van der Waals surface area contributed by atoms with Gasteiger partial charge in [-0.1, -0.05) is 12.2 Å². The summed E-state index contributed by atoms with van der Waals surface area (Å²) in [5, 5.41) is 7.07. The Morgan fingerprint density at radius 1 is 1.71 bits per heavy atom. The lowest BCUT2D eigenvalue weighted by molar-refractivity contribution is 0.0930. The second-order valence-corrected chi connectivity index (χ2v) is 4.56. The first-order valence-corrected chi connectivity index (χ1v) is 5.98. The lowest BCUT2D eigenvalue weighted by Crippen LogP contribution is -2.36. The highest BCUT2D eigenvalue weighted by molar-refractivity contribution is 7.80. The Morgan fingerprint density at radius 3 is 2.88 bits per heavy atom. The van der Waals surface area contributed by atoms with Crippen molar-refractivity contribution >= 4 is 23.1 Å². The average molecular weight is 254 g/mol. The number of nitrogens with zero attached hydrogens (tertiary/aromatic N) is 2. The van der Waals surface area contributed by atoms with Crippen LogP contribution in [0.5, 0.6) is 0 Å². The molecule has 1 aromatic rings. The monoisotopic (exact) mass is 254 g/mol. The molecule has 1 unspecified atom stereocenters. The number of aromatic nitrogens is 2. The zero-order valence-corrected chi connectivity index (χ0v) is 11.2. The lowest BCUT2D eigenvalue weighted by Gasteiger charge is -2.13. The van der Waals surface area contributed by atoms with E-state index in [4.69, 9.17) is 18.0 Å². The van der Waals surface area contributed by atoms with Crippen molar-refractivity contribution in [2.24, 2.45) is 5.73 Å². The zero-order valence-electron chi connectivity index (χ0n) is 10.4. The van der Waals surface area contributed by atoms with Crippen LogP contribution < -0.4 is 11.1 Å². The summed E-state index contributed by atoms with van der Waals surface area (Å²) in [4.78, 5) is 12.4. The van der Waals surface area contributed by atoms with E-state index >= 15 is 0 Å². The van der Waals surface area contributed by atoms with E-state index in [0.29, 0.717) is 23.6 Å². The van der Waals surface area contributed by atoms with Crippen molar-refractivity contribution in [1.29, 1.82) is 0 Å². The number of hydrogen-bond acceptors (Lipinski definition) is 3. The number of nitrogens with two attached hydrogens (primary N) is 1. The quantitative estimate of drug-likeness (QED) is 0.769. The van der Waals surface area contributed by atoms with E-state index in [1.165, 1.54) is 0 Å². The molecule has 0 aliphatic carbocycles. The number of hydrogen-bond donors (Lipinski definition) is 2. The summed E-state index contributed by atoms with van der Waals surface area (Å²) in [5.41, 5.74) is 6.83. The Balaban J connectivity index is 2.72. The third kappa shape index (κ3) is 3.81. The molecule has 1 atom stereocenters. The third-order valence-corrected chi connectivity index (χ3v) is 2.49. The number of carbonyl (C=O) groups excluding carboxylic acids is 1. The van der Waals surface area contributed by atoms with E-state index < -0.39 is 0 Å². The fraction of sp³-hybridized carbons (Fsp3) is 0.545. The molecule has 0 aliphatic heterocycles. The maximum Gasteiger partial charge on any atom is 0.269 e. The van der Waals surface area contributed by atoms with Crippen molar-refractivity contribution in [3.05, 3.63) is 17.5 Å². The summed E-state index contributed by atoms with van der Waals surface area (Å²) in [6, 6.07) is 1.70. The molecule has 94 valence electrons. The van der Waals surface area contributed by atoms with Gasteiger partial charge >= 0.3 is 0 Å². The van der Waals surface area contributed by atoms with Crippen molar-refractivity contribution in [3.63, 3.8) is 0 Å². The first kappa shape index (κ1) is 13.6. The number of carbonyl (C=O) groups is 1. The van der Waals surface area contributed by atoms with Crippen molar-refractivity contribution < 1.29 is 4.79 Å². The van der Waals surface area contributed by atoms with Crippen LogP contribution in [0.1, 0.15) is 36.5 Å². The predicted octanol–water partition coefficient (Wildman–Crippen LogP) is 1.01. The molecule has 17 heavy (non-hydrogen) atoms. The molecule has 0 fully saturated rings. The Hall–Kier alpha value is -1.43. The third-order valence-electron chi connectivity index (χ3n) is 2.32. The Morgan fingerprint density at radius 2 is 2.35 bits per heavy atom. The number of thiocarbonyl (C=S) groups is 1. The van der Waals surface area contributed by atoms with Crippen LogP contribution in [0, 0.1) is 6.92 Å². The second kappa shape index (κ2) is 5.77. The van der Waals surface area contributed by atoms with Gasteiger partial charge < -0.3 is 11.1 Å². The normalized spacial score (nSPS) is 12.2. The summed E-state index contributed by atoms with van der Waals surface area (Å²) in [5.74, 6) is -0.142. The highest BCUT2D eigenvalue weighted by atomic mass is 32.1. The van der Waals surface area contributed by atoms with Gasteiger partial charge in [-0.05, 0) is 26.8 Å². The largest absolute Gasteiger partial charge is 0.393 e. The van der Waals surface area contributed by atoms with E-state index in [1.54, 1.807) is 10.7 Å². The Labute approximate surface area is 106 Å². The van der Waals surface area contributed by atoms with Gasteiger partial charge in [0.25, 0.3) is 5.91 Å². The summed E-state index contributed by atoms with van der Waals surface area (Å²) in [7, 11) is 0. The summed E-state index contributed by atoms with van der Waals surface area (Å²) in [6.07, 6.45) is 0.500. The van der Waals surface area contributed by atoms with Crippen LogP contribution in [0.25, 0.3) is 0 Å². The van der Waals surface area contributed by atoms with Crippen LogP contribution in [0.4, 0.5) is 0 Å². The molecule has 0 spiro atoms. The van der Waals surface area contributed by atoms with Crippen molar-refractivity contribution in [3.8, 4) is 0 Å². The maximum atomic E-state index is 12.0. The molecule has 1 rings (SSSR count). The van der Waals surface area contributed by atoms with E-state index in [0.717, 1.165) is 5.69 Å². The molecule has 0 radical (unpaired) electrons. The predicted molar refractivity (Wildman–Crippen MR) is 71.0 cm³/mol.